The number of benzene rings is 1. The van der Waals surface area contributed by atoms with Crippen molar-refractivity contribution in [1.82, 2.24) is 4.98 Å². The van der Waals surface area contributed by atoms with Gasteiger partial charge in [0.2, 0.25) is 0 Å². The molecule has 0 aliphatic heterocycles. The number of hydrogen-bond donors (Lipinski definition) is 1. The molecule has 66 valence electrons. The Bertz CT molecular complexity index is 442. The van der Waals surface area contributed by atoms with Gasteiger partial charge in [-0.05, 0) is 28.1 Å². The van der Waals surface area contributed by atoms with E-state index >= 15 is 0 Å². The second-order valence-corrected chi connectivity index (χ2v) is 3.54. The van der Waals surface area contributed by atoms with Crippen LogP contribution in [0.5, 0.6) is 0 Å². The van der Waals surface area contributed by atoms with E-state index in [2.05, 4.69) is 20.9 Å². The monoisotopic (exact) mass is 237 g/mol. The maximum Gasteiger partial charge on any atom is 0.112 e. The minimum atomic E-state index is 0.0123. The van der Waals surface area contributed by atoms with Crippen molar-refractivity contribution in [3.63, 3.8) is 0 Å². The first-order valence-electron chi connectivity index (χ1n) is 3.96. The van der Waals surface area contributed by atoms with Gasteiger partial charge < -0.3 is 5.11 Å². The topological polar surface area (TPSA) is 33.1 Å². The fourth-order valence-electron chi connectivity index (χ4n) is 1.25. The first kappa shape index (κ1) is 8.66. The molecule has 0 amide bonds. The van der Waals surface area contributed by atoms with Gasteiger partial charge in [0.05, 0.1) is 12.1 Å². The van der Waals surface area contributed by atoms with Gasteiger partial charge in [0.25, 0.3) is 0 Å². The van der Waals surface area contributed by atoms with Crippen molar-refractivity contribution in [3.05, 3.63) is 40.5 Å². The predicted molar refractivity (Wildman–Crippen MR) is 55.4 cm³/mol. The molecule has 0 saturated heterocycles. The summed E-state index contributed by atoms with van der Waals surface area (Å²) in [5.41, 5.74) is 1.75. The molecule has 1 heterocycles. The lowest BCUT2D eigenvalue weighted by Crippen LogP contribution is -1.89. The van der Waals surface area contributed by atoms with E-state index in [1.165, 1.54) is 0 Å². The summed E-state index contributed by atoms with van der Waals surface area (Å²) in [7, 11) is 0. The highest BCUT2D eigenvalue weighted by Crippen LogP contribution is 2.20. The summed E-state index contributed by atoms with van der Waals surface area (Å²) >= 11 is 3.31. The Morgan fingerprint density at radius 1 is 1.31 bits per heavy atom. The first-order valence-corrected chi connectivity index (χ1v) is 4.75. The van der Waals surface area contributed by atoms with Crippen molar-refractivity contribution in [3.8, 4) is 0 Å². The maximum atomic E-state index is 9.01. The molecule has 1 N–H and O–H groups in total. The van der Waals surface area contributed by atoms with Crippen LogP contribution in [0.2, 0.25) is 0 Å². The van der Waals surface area contributed by atoms with Gasteiger partial charge in [0.15, 0.2) is 0 Å². The van der Waals surface area contributed by atoms with Crippen LogP contribution in [0.25, 0.3) is 10.9 Å². The van der Waals surface area contributed by atoms with Gasteiger partial charge in [-0.15, -0.1) is 0 Å². The van der Waals surface area contributed by atoms with E-state index in [4.69, 9.17) is 5.11 Å². The fraction of sp³-hybridized carbons (Fsp3) is 0.100. The molecule has 0 atom stereocenters. The minimum Gasteiger partial charge on any atom is -0.392 e. The number of rotatable bonds is 1. The van der Waals surface area contributed by atoms with Crippen LogP contribution in [0.1, 0.15) is 5.56 Å². The lowest BCUT2D eigenvalue weighted by atomic mass is 10.2. The van der Waals surface area contributed by atoms with Crippen LogP contribution in [-0.2, 0) is 6.61 Å². The average Bonchev–Trinajstić information content (AvgIpc) is 2.17. The van der Waals surface area contributed by atoms with Gasteiger partial charge in [-0.2, -0.15) is 0 Å². The lowest BCUT2D eigenvalue weighted by molar-refractivity contribution is 0.280. The van der Waals surface area contributed by atoms with Crippen molar-refractivity contribution in [2.75, 3.05) is 0 Å². The zero-order valence-electron chi connectivity index (χ0n) is 6.87. The Labute approximate surface area is 84.4 Å². The molecular weight excluding hydrogens is 230 g/mol. The number of aromatic nitrogens is 1. The van der Waals surface area contributed by atoms with Gasteiger partial charge in [0, 0.05) is 10.9 Å². The third kappa shape index (κ3) is 1.57. The molecule has 0 unspecified atom stereocenters. The Kier molecular flexibility index (Phi) is 2.29. The first-order chi connectivity index (χ1) is 6.31. The molecule has 0 aliphatic rings. The van der Waals surface area contributed by atoms with E-state index in [0.29, 0.717) is 4.60 Å². The molecule has 0 bridgehead atoms. The van der Waals surface area contributed by atoms with Crippen LogP contribution < -0.4 is 0 Å². The predicted octanol–water partition coefficient (Wildman–Crippen LogP) is 2.49. The molecule has 0 aliphatic carbocycles. The molecule has 1 aromatic heterocycles. The molecule has 13 heavy (non-hydrogen) atoms. The average molecular weight is 238 g/mol. The number of fused-ring (bicyclic) bond motifs is 1. The minimum absolute atomic E-state index is 0.0123. The van der Waals surface area contributed by atoms with E-state index in [1.807, 2.05) is 30.3 Å². The molecule has 0 saturated carbocycles. The molecule has 0 radical (unpaired) electrons. The molecule has 2 rings (SSSR count). The molecule has 0 spiro atoms. The summed E-state index contributed by atoms with van der Waals surface area (Å²) in [6, 6.07) is 9.76. The summed E-state index contributed by atoms with van der Waals surface area (Å²) < 4.78 is 0.716. The van der Waals surface area contributed by atoms with Gasteiger partial charge in [-0.3, -0.25) is 0 Å². The fourth-order valence-corrected chi connectivity index (χ4v) is 1.68. The van der Waals surface area contributed by atoms with Gasteiger partial charge in [-0.1, -0.05) is 18.2 Å². The Morgan fingerprint density at radius 2 is 2.08 bits per heavy atom. The molecule has 2 aromatic rings. The van der Waals surface area contributed by atoms with Crippen molar-refractivity contribution in [1.29, 1.82) is 0 Å². The van der Waals surface area contributed by atoms with Crippen molar-refractivity contribution < 1.29 is 5.11 Å². The highest BCUT2D eigenvalue weighted by molar-refractivity contribution is 9.10. The summed E-state index contributed by atoms with van der Waals surface area (Å²) in [6.07, 6.45) is 0. The highest BCUT2D eigenvalue weighted by atomic mass is 79.9. The van der Waals surface area contributed by atoms with E-state index in [9.17, 15) is 0 Å². The largest absolute Gasteiger partial charge is 0.392 e. The third-order valence-electron chi connectivity index (χ3n) is 1.92. The SMILES string of the molecule is OCc1cc2ccccc2nc1Br. The van der Waals surface area contributed by atoms with Gasteiger partial charge in [-0.25, -0.2) is 4.98 Å². The van der Waals surface area contributed by atoms with Crippen LogP contribution in [0.3, 0.4) is 0 Å². The zero-order valence-corrected chi connectivity index (χ0v) is 8.45. The number of hydrogen-bond acceptors (Lipinski definition) is 2. The third-order valence-corrected chi connectivity index (χ3v) is 2.61. The van der Waals surface area contributed by atoms with Crippen LogP contribution in [0.4, 0.5) is 0 Å². The van der Waals surface area contributed by atoms with Gasteiger partial charge >= 0.3 is 0 Å². The number of halogens is 1. The summed E-state index contributed by atoms with van der Waals surface area (Å²) in [5.74, 6) is 0. The van der Waals surface area contributed by atoms with E-state index in [-0.39, 0.29) is 6.61 Å². The number of aliphatic hydroxyl groups is 1. The molecule has 3 heteroatoms. The summed E-state index contributed by atoms with van der Waals surface area (Å²) in [6.45, 7) is 0.0123. The molecule has 2 nitrogen and oxygen atoms in total. The Morgan fingerprint density at radius 3 is 2.85 bits per heavy atom. The number of pyridine rings is 1. The maximum absolute atomic E-state index is 9.01. The standard InChI is InChI=1S/C10H8BrNO/c11-10-8(6-13)5-7-3-1-2-4-9(7)12-10/h1-5,13H,6H2. The second kappa shape index (κ2) is 3.44. The molecule has 0 fully saturated rings. The van der Waals surface area contributed by atoms with Crippen molar-refractivity contribution in [2.24, 2.45) is 0 Å². The molecular formula is C10H8BrNO. The number of aliphatic hydroxyl groups excluding tert-OH is 1. The van der Waals surface area contributed by atoms with Crippen LogP contribution in [0.15, 0.2) is 34.9 Å². The normalized spacial score (nSPS) is 10.6. The van der Waals surface area contributed by atoms with Crippen LogP contribution in [-0.4, -0.2) is 10.1 Å². The zero-order chi connectivity index (χ0) is 9.26. The Balaban J connectivity index is 2.74. The van der Waals surface area contributed by atoms with Crippen LogP contribution >= 0.6 is 15.9 Å². The van der Waals surface area contributed by atoms with E-state index in [1.54, 1.807) is 0 Å². The van der Waals surface area contributed by atoms with E-state index < -0.39 is 0 Å². The molecule has 1 aromatic carbocycles. The van der Waals surface area contributed by atoms with Crippen molar-refractivity contribution >= 4 is 26.8 Å². The smallest absolute Gasteiger partial charge is 0.112 e. The van der Waals surface area contributed by atoms with Gasteiger partial charge in [0.1, 0.15) is 4.60 Å². The van der Waals surface area contributed by atoms with Crippen molar-refractivity contribution in [2.45, 2.75) is 6.61 Å². The second-order valence-electron chi connectivity index (χ2n) is 2.79. The van der Waals surface area contributed by atoms with E-state index in [0.717, 1.165) is 16.5 Å². The summed E-state index contributed by atoms with van der Waals surface area (Å²) in [5, 5.41) is 10.1. The number of nitrogens with zero attached hydrogens (tertiary/aromatic N) is 1. The lowest BCUT2D eigenvalue weighted by Gasteiger charge is -2.02. The summed E-state index contributed by atoms with van der Waals surface area (Å²) in [4.78, 5) is 4.30. The Hall–Kier alpha value is -0.930. The number of para-hydroxylation sites is 1. The quantitative estimate of drug-likeness (QED) is 0.774. The van der Waals surface area contributed by atoms with Crippen LogP contribution in [0, 0.1) is 0 Å². The highest BCUT2D eigenvalue weighted by Gasteiger charge is 2.01.